The third-order valence-corrected chi connectivity index (χ3v) is 2.83. The predicted octanol–water partition coefficient (Wildman–Crippen LogP) is 0.544. The number of benzene rings is 1. The largest absolute Gasteiger partial charge is 0.496 e. The second-order valence-electron chi connectivity index (χ2n) is 4.52. The molecule has 0 radical (unpaired) electrons. The number of carboxylic acids is 2. The Bertz CT molecular complexity index is 538. The van der Waals surface area contributed by atoms with Crippen molar-refractivity contribution in [2.75, 3.05) is 20.2 Å². The Morgan fingerprint density at radius 1 is 1.14 bits per heavy atom. The highest BCUT2D eigenvalue weighted by Crippen LogP contribution is 2.19. The van der Waals surface area contributed by atoms with E-state index in [-0.39, 0.29) is 6.42 Å². The second-order valence-corrected chi connectivity index (χ2v) is 4.52. The van der Waals surface area contributed by atoms with E-state index in [2.05, 4.69) is 0 Å². The zero-order valence-corrected chi connectivity index (χ0v) is 11.8. The lowest BCUT2D eigenvalue weighted by Gasteiger charge is -2.18. The molecule has 114 valence electrons. The van der Waals surface area contributed by atoms with Crippen LogP contribution in [-0.2, 0) is 20.8 Å². The minimum Gasteiger partial charge on any atom is -0.496 e. The summed E-state index contributed by atoms with van der Waals surface area (Å²) in [5.41, 5.74) is 1.53. The van der Waals surface area contributed by atoms with Gasteiger partial charge in [0.2, 0.25) is 5.91 Å². The summed E-state index contributed by atoms with van der Waals surface area (Å²) in [6.45, 7) is 0.563. The molecule has 0 saturated heterocycles. The lowest BCUT2D eigenvalue weighted by molar-refractivity contribution is -0.149. The molecule has 0 saturated carbocycles. The van der Waals surface area contributed by atoms with Crippen molar-refractivity contribution in [3.05, 3.63) is 29.3 Å². The molecular formula is C14H17NO6. The lowest BCUT2D eigenvalue weighted by atomic mass is 10.1. The molecule has 0 aliphatic rings. The molecule has 1 rings (SSSR count). The van der Waals surface area contributed by atoms with Gasteiger partial charge in [-0.25, -0.2) is 0 Å². The summed E-state index contributed by atoms with van der Waals surface area (Å²) >= 11 is 0. The Balaban J connectivity index is 2.85. The van der Waals surface area contributed by atoms with E-state index in [1.807, 2.05) is 6.92 Å². The van der Waals surface area contributed by atoms with Crippen molar-refractivity contribution in [2.24, 2.45) is 0 Å². The fraction of sp³-hybridized carbons (Fsp3) is 0.357. The predicted molar refractivity (Wildman–Crippen MR) is 73.3 cm³/mol. The normalized spacial score (nSPS) is 10.0. The van der Waals surface area contributed by atoms with Crippen molar-refractivity contribution in [1.29, 1.82) is 0 Å². The summed E-state index contributed by atoms with van der Waals surface area (Å²) in [6.07, 6.45) is -0.0861. The molecule has 1 aromatic carbocycles. The minimum atomic E-state index is -1.26. The molecule has 21 heavy (non-hydrogen) atoms. The first-order valence-electron chi connectivity index (χ1n) is 6.18. The molecule has 7 nitrogen and oxygen atoms in total. The van der Waals surface area contributed by atoms with Crippen molar-refractivity contribution in [3.8, 4) is 5.75 Å². The Labute approximate surface area is 121 Å². The molecule has 0 aliphatic carbocycles. The number of carbonyl (C=O) groups excluding carboxylic acids is 1. The van der Waals surface area contributed by atoms with Crippen LogP contribution in [0.4, 0.5) is 0 Å². The SMILES string of the molecule is COc1cc(CC(=O)N(CC(=O)O)CC(=O)O)ccc1C. The molecule has 0 heterocycles. The summed E-state index contributed by atoms with van der Waals surface area (Å²) < 4.78 is 5.14. The molecule has 0 unspecified atom stereocenters. The Morgan fingerprint density at radius 2 is 1.71 bits per heavy atom. The Kier molecular flexibility index (Phi) is 5.71. The number of aryl methyl sites for hydroxylation is 1. The van der Waals surface area contributed by atoms with E-state index in [4.69, 9.17) is 14.9 Å². The topological polar surface area (TPSA) is 104 Å². The van der Waals surface area contributed by atoms with E-state index in [0.717, 1.165) is 10.5 Å². The van der Waals surface area contributed by atoms with E-state index in [1.54, 1.807) is 18.2 Å². The average molecular weight is 295 g/mol. The number of ether oxygens (including phenoxy) is 1. The fourth-order valence-electron chi connectivity index (χ4n) is 1.82. The molecule has 0 bridgehead atoms. The van der Waals surface area contributed by atoms with E-state index in [0.29, 0.717) is 11.3 Å². The van der Waals surface area contributed by atoms with E-state index < -0.39 is 30.9 Å². The molecule has 0 spiro atoms. The highest BCUT2D eigenvalue weighted by molar-refractivity contribution is 5.86. The maximum Gasteiger partial charge on any atom is 0.323 e. The first-order chi connectivity index (χ1) is 9.83. The number of amides is 1. The quantitative estimate of drug-likeness (QED) is 0.761. The minimum absolute atomic E-state index is 0.0861. The fourth-order valence-corrected chi connectivity index (χ4v) is 1.82. The first kappa shape index (κ1) is 16.5. The zero-order valence-electron chi connectivity index (χ0n) is 11.8. The molecule has 0 fully saturated rings. The first-order valence-corrected chi connectivity index (χ1v) is 6.18. The summed E-state index contributed by atoms with van der Waals surface area (Å²) in [5, 5.41) is 17.4. The van der Waals surface area contributed by atoms with Gasteiger partial charge in [-0.3, -0.25) is 14.4 Å². The van der Waals surface area contributed by atoms with Gasteiger partial charge in [-0.15, -0.1) is 0 Å². The molecular weight excluding hydrogens is 278 g/mol. The molecule has 0 aliphatic heterocycles. The highest BCUT2D eigenvalue weighted by Gasteiger charge is 2.20. The number of methoxy groups -OCH3 is 1. The van der Waals surface area contributed by atoms with Crippen LogP contribution in [-0.4, -0.2) is 53.2 Å². The highest BCUT2D eigenvalue weighted by atomic mass is 16.5. The van der Waals surface area contributed by atoms with Crippen molar-refractivity contribution in [3.63, 3.8) is 0 Å². The lowest BCUT2D eigenvalue weighted by Crippen LogP contribution is -2.40. The summed E-state index contributed by atoms with van der Waals surface area (Å²) in [7, 11) is 1.51. The molecule has 2 N–H and O–H groups in total. The van der Waals surface area contributed by atoms with Crippen LogP contribution < -0.4 is 4.74 Å². The van der Waals surface area contributed by atoms with Crippen molar-refractivity contribution >= 4 is 17.8 Å². The van der Waals surface area contributed by atoms with Gasteiger partial charge in [-0.1, -0.05) is 12.1 Å². The smallest absolute Gasteiger partial charge is 0.323 e. The van der Waals surface area contributed by atoms with Crippen LogP contribution in [0.15, 0.2) is 18.2 Å². The van der Waals surface area contributed by atoms with Crippen LogP contribution in [0.5, 0.6) is 5.75 Å². The van der Waals surface area contributed by atoms with Gasteiger partial charge in [0.15, 0.2) is 0 Å². The van der Waals surface area contributed by atoms with Crippen molar-refractivity contribution in [2.45, 2.75) is 13.3 Å². The molecule has 7 heteroatoms. The summed E-state index contributed by atoms with van der Waals surface area (Å²) in [4.78, 5) is 34.2. The number of hydrogen-bond acceptors (Lipinski definition) is 4. The van der Waals surface area contributed by atoms with Gasteiger partial charge in [0, 0.05) is 0 Å². The number of hydrogen-bond donors (Lipinski definition) is 2. The van der Waals surface area contributed by atoms with Gasteiger partial charge in [0.25, 0.3) is 0 Å². The Hall–Kier alpha value is -2.57. The summed E-state index contributed by atoms with van der Waals surface area (Å²) in [5.74, 6) is -2.47. The monoisotopic (exact) mass is 295 g/mol. The number of aliphatic carboxylic acids is 2. The zero-order chi connectivity index (χ0) is 16.0. The number of nitrogens with zero attached hydrogens (tertiary/aromatic N) is 1. The molecule has 1 amide bonds. The maximum atomic E-state index is 12.0. The van der Waals surface area contributed by atoms with E-state index in [1.165, 1.54) is 7.11 Å². The third-order valence-electron chi connectivity index (χ3n) is 2.83. The van der Waals surface area contributed by atoms with Crippen molar-refractivity contribution < 1.29 is 29.3 Å². The Morgan fingerprint density at radius 3 is 2.19 bits per heavy atom. The number of rotatable bonds is 7. The van der Waals surface area contributed by atoms with Crippen LogP contribution in [0.1, 0.15) is 11.1 Å². The van der Waals surface area contributed by atoms with Gasteiger partial charge in [0.1, 0.15) is 18.8 Å². The second kappa shape index (κ2) is 7.28. The van der Waals surface area contributed by atoms with Gasteiger partial charge < -0.3 is 19.8 Å². The standard InChI is InChI=1S/C14H17NO6/c1-9-3-4-10(5-11(9)21-2)6-12(16)15(7-13(17)18)8-14(19)20/h3-5H,6-8H2,1-2H3,(H,17,18)(H,19,20). The molecule has 1 aromatic rings. The average Bonchev–Trinajstić information content (AvgIpc) is 2.39. The van der Waals surface area contributed by atoms with Crippen LogP contribution in [0.3, 0.4) is 0 Å². The number of carbonyl (C=O) groups is 3. The van der Waals surface area contributed by atoms with Crippen LogP contribution >= 0.6 is 0 Å². The van der Waals surface area contributed by atoms with Crippen molar-refractivity contribution in [1.82, 2.24) is 4.90 Å². The van der Waals surface area contributed by atoms with Crippen LogP contribution in [0.25, 0.3) is 0 Å². The molecule has 0 atom stereocenters. The van der Waals surface area contributed by atoms with Gasteiger partial charge in [-0.2, -0.15) is 0 Å². The van der Waals surface area contributed by atoms with Gasteiger partial charge in [0.05, 0.1) is 13.5 Å². The van der Waals surface area contributed by atoms with Crippen LogP contribution in [0, 0.1) is 6.92 Å². The van der Waals surface area contributed by atoms with E-state index >= 15 is 0 Å². The molecule has 0 aromatic heterocycles. The van der Waals surface area contributed by atoms with Crippen LogP contribution in [0.2, 0.25) is 0 Å². The van der Waals surface area contributed by atoms with E-state index in [9.17, 15) is 14.4 Å². The summed E-state index contributed by atoms with van der Waals surface area (Å²) in [6, 6.07) is 5.17. The maximum absolute atomic E-state index is 12.0. The number of carboxylic acid groups (broad SMARTS) is 2. The van der Waals surface area contributed by atoms with Gasteiger partial charge in [-0.05, 0) is 24.1 Å². The third kappa shape index (κ3) is 5.13. The van der Waals surface area contributed by atoms with Gasteiger partial charge >= 0.3 is 11.9 Å².